The molecule has 18 heavy (non-hydrogen) atoms. The number of alkyl halides is 3. The highest BCUT2D eigenvalue weighted by atomic mass is 127. The number of halogens is 5. The topological polar surface area (TPSA) is 12.0 Å². The lowest BCUT2D eigenvalue weighted by atomic mass is 10.1. The van der Waals surface area contributed by atoms with Gasteiger partial charge in [0.1, 0.15) is 0 Å². The van der Waals surface area contributed by atoms with Crippen LogP contribution in [0.15, 0.2) is 18.2 Å². The van der Waals surface area contributed by atoms with Gasteiger partial charge in [-0.1, -0.05) is 11.6 Å². The largest absolute Gasteiger partial charge is 0.389 e. The second-order valence-electron chi connectivity index (χ2n) is 4.18. The van der Waals surface area contributed by atoms with Crippen molar-refractivity contribution in [2.45, 2.75) is 38.4 Å². The van der Waals surface area contributed by atoms with Crippen LogP contribution in [0.4, 0.5) is 18.9 Å². The highest BCUT2D eigenvalue weighted by Crippen LogP contribution is 2.25. The maximum atomic E-state index is 12.0. The third-order valence-electron chi connectivity index (χ3n) is 2.43. The Morgan fingerprint density at radius 1 is 1.39 bits per heavy atom. The Hall–Kier alpha value is -0.170. The van der Waals surface area contributed by atoms with E-state index in [1.807, 2.05) is 19.1 Å². The number of benzene rings is 1. The van der Waals surface area contributed by atoms with Crippen LogP contribution in [-0.4, -0.2) is 12.2 Å². The van der Waals surface area contributed by atoms with Crippen LogP contribution in [0.1, 0.15) is 26.2 Å². The molecule has 0 spiro atoms. The van der Waals surface area contributed by atoms with Crippen molar-refractivity contribution in [3.05, 3.63) is 26.8 Å². The van der Waals surface area contributed by atoms with Crippen molar-refractivity contribution in [1.29, 1.82) is 0 Å². The lowest BCUT2D eigenvalue weighted by Gasteiger charge is -2.17. The van der Waals surface area contributed by atoms with Crippen LogP contribution >= 0.6 is 34.2 Å². The summed E-state index contributed by atoms with van der Waals surface area (Å²) >= 11 is 7.97. The van der Waals surface area contributed by atoms with Gasteiger partial charge in [0.15, 0.2) is 0 Å². The van der Waals surface area contributed by atoms with Gasteiger partial charge in [-0.15, -0.1) is 0 Å². The van der Waals surface area contributed by atoms with Gasteiger partial charge in [0, 0.05) is 26.7 Å². The number of hydrogen-bond donors (Lipinski definition) is 1. The van der Waals surface area contributed by atoms with E-state index in [1.165, 1.54) is 0 Å². The minimum atomic E-state index is -4.06. The molecule has 0 aliphatic carbocycles. The van der Waals surface area contributed by atoms with Crippen molar-refractivity contribution >= 4 is 39.9 Å². The first kappa shape index (κ1) is 15.9. The highest BCUT2D eigenvalue weighted by molar-refractivity contribution is 14.1. The maximum Gasteiger partial charge on any atom is 0.389 e. The Balaban J connectivity index is 2.42. The fraction of sp³-hybridized carbons (Fsp3) is 0.500. The van der Waals surface area contributed by atoms with Gasteiger partial charge in [-0.3, -0.25) is 0 Å². The molecule has 0 radical (unpaired) electrons. The van der Waals surface area contributed by atoms with Crippen LogP contribution in [0.2, 0.25) is 5.02 Å². The van der Waals surface area contributed by atoms with E-state index in [4.69, 9.17) is 11.6 Å². The molecule has 1 nitrogen and oxygen atoms in total. The summed E-state index contributed by atoms with van der Waals surface area (Å²) in [5.41, 5.74) is 0.902. The van der Waals surface area contributed by atoms with E-state index < -0.39 is 12.6 Å². The highest BCUT2D eigenvalue weighted by Gasteiger charge is 2.26. The molecule has 1 atom stereocenters. The molecule has 1 rings (SSSR count). The van der Waals surface area contributed by atoms with Crippen molar-refractivity contribution in [3.63, 3.8) is 0 Å². The zero-order valence-corrected chi connectivity index (χ0v) is 12.7. The standard InChI is InChI=1S/C12H14ClF3IN/c1-8(3-2-6-12(14,15)16)18-11-5-4-9(13)7-10(11)17/h4-5,7-8,18H,2-3,6H2,1H3. The van der Waals surface area contributed by atoms with Crippen LogP contribution in [0, 0.1) is 3.57 Å². The minimum Gasteiger partial charge on any atom is -0.382 e. The molecule has 0 aliphatic rings. The van der Waals surface area contributed by atoms with E-state index >= 15 is 0 Å². The summed E-state index contributed by atoms with van der Waals surface area (Å²) in [5.74, 6) is 0. The van der Waals surface area contributed by atoms with Gasteiger partial charge in [-0.2, -0.15) is 13.2 Å². The Kier molecular flexibility index (Phi) is 6.04. The molecule has 1 unspecified atom stereocenters. The molecule has 6 heteroatoms. The van der Waals surface area contributed by atoms with Gasteiger partial charge in [0.25, 0.3) is 0 Å². The van der Waals surface area contributed by atoms with E-state index in [0.717, 1.165) is 9.26 Å². The summed E-state index contributed by atoms with van der Waals surface area (Å²) in [6.45, 7) is 1.88. The van der Waals surface area contributed by atoms with E-state index in [9.17, 15) is 13.2 Å². The Bertz CT molecular complexity index is 395. The summed E-state index contributed by atoms with van der Waals surface area (Å²) in [5, 5.41) is 3.84. The second kappa shape index (κ2) is 6.84. The quantitative estimate of drug-likeness (QED) is 0.656. The molecule has 0 aliphatic heterocycles. The van der Waals surface area contributed by atoms with Gasteiger partial charge in [-0.25, -0.2) is 0 Å². The molecule has 1 aromatic carbocycles. The first-order valence-corrected chi connectivity index (χ1v) is 7.02. The maximum absolute atomic E-state index is 12.0. The second-order valence-corrected chi connectivity index (χ2v) is 5.78. The lowest BCUT2D eigenvalue weighted by molar-refractivity contribution is -0.135. The van der Waals surface area contributed by atoms with Crippen molar-refractivity contribution < 1.29 is 13.2 Å². The molecule has 102 valence electrons. The van der Waals surface area contributed by atoms with Gasteiger partial charge in [-0.05, 0) is 60.6 Å². The SMILES string of the molecule is CC(CCCC(F)(F)F)Nc1ccc(Cl)cc1I. The molecule has 1 N–H and O–H groups in total. The number of hydrogen-bond acceptors (Lipinski definition) is 1. The Morgan fingerprint density at radius 3 is 2.61 bits per heavy atom. The summed E-state index contributed by atoms with van der Waals surface area (Å²) in [7, 11) is 0. The fourth-order valence-corrected chi connectivity index (χ4v) is 2.58. The summed E-state index contributed by atoms with van der Waals surface area (Å²) in [4.78, 5) is 0. The molecular weight excluding hydrogens is 377 g/mol. The predicted molar refractivity (Wildman–Crippen MR) is 77.2 cm³/mol. The van der Waals surface area contributed by atoms with E-state index in [2.05, 4.69) is 27.9 Å². The molecule has 0 aromatic heterocycles. The van der Waals surface area contributed by atoms with Crippen molar-refractivity contribution in [2.75, 3.05) is 5.32 Å². The average Bonchev–Trinajstić information content (AvgIpc) is 2.20. The molecule has 0 fully saturated rings. The number of rotatable bonds is 5. The molecule has 0 bridgehead atoms. The zero-order valence-electron chi connectivity index (χ0n) is 9.82. The molecule has 0 saturated heterocycles. The first-order chi connectivity index (χ1) is 8.28. The predicted octanol–water partition coefficient (Wildman–Crippen LogP) is 5.48. The van der Waals surface area contributed by atoms with Gasteiger partial charge in [0.2, 0.25) is 0 Å². The van der Waals surface area contributed by atoms with Crippen molar-refractivity contribution in [3.8, 4) is 0 Å². The molecule has 0 saturated carbocycles. The average molecular weight is 392 g/mol. The molecule has 1 aromatic rings. The third kappa shape index (κ3) is 6.13. The molecule has 0 heterocycles. The van der Waals surface area contributed by atoms with Gasteiger partial charge in [0.05, 0.1) is 0 Å². The first-order valence-electron chi connectivity index (χ1n) is 5.56. The summed E-state index contributed by atoms with van der Waals surface area (Å²) in [6, 6.07) is 5.41. The fourth-order valence-electron chi connectivity index (χ4n) is 1.55. The minimum absolute atomic E-state index is 0.00189. The molecule has 0 amide bonds. The van der Waals surface area contributed by atoms with E-state index in [0.29, 0.717) is 11.4 Å². The zero-order chi connectivity index (χ0) is 13.8. The smallest absolute Gasteiger partial charge is 0.382 e. The van der Waals surface area contributed by atoms with E-state index in [1.54, 1.807) is 6.07 Å². The van der Waals surface area contributed by atoms with Crippen molar-refractivity contribution in [2.24, 2.45) is 0 Å². The Morgan fingerprint density at radius 2 is 2.06 bits per heavy atom. The van der Waals surface area contributed by atoms with Gasteiger partial charge < -0.3 is 5.32 Å². The summed E-state index contributed by atoms with van der Waals surface area (Å²) < 4.78 is 37.0. The van der Waals surface area contributed by atoms with Crippen LogP contribution < -0.4 is 5.32 Å². The summed E-state index contributed by atoms with van der Waals surface area (Å²) in [6.07, 6.45) is -4.16. The number of anilines is 1. The lowest BCUT2D eigenvalue weighted by Crippen LogP contribution is -2.17. The van der Waals surface area contributed by atoms with Crippen LogP contribution in [0.25, 0.3) is 0 Å². The van der Waals surface area contributed by atoms with Gasteiger partial charge >= 0.3 is 6.18 Å². The van der Waals surface area contributed by atoms with Crippen LogP contribution in [0.3, 0.4) is 0 Å². The normalized spacial score (nSPS) is 13.4. The van der Waals surface area contributed by atoms with E-state index in [-0.39, 0.29) is 12.5 Å². The molecular formula is C12H14ClF3IN. The monoisotopic (exact) mass is 391 g/mol. The third-order valence-corrected chi connectivity index (χ3v) is 3.56. The Labute approximate surface area is 123 Å². The van der Waals surface area contributed by atoms with Crippen LogP contribution in [-0.2, 0) is 0 Å². The van der Waals surface area contributed by atoms with Crippen molar-refractivity contribution in [1.82, 2.24) is 0 Å². The van der Waals surface area contributed by atoms with Crippen LogP contribution in [0.5, 0.6) is 0 Å². The number of nitrogens with one attached hydrogen (secondary N) is 1.